The Kier molecular flexibility index (Phi) is 4.28. The molecule has 0 amide bonds. The molecule has 3 nitrogen and oxygen atoms in total. The molecule has 0 aliphatic rings. The lowest BCUT2D eigenvalue weighted by molar-refractivity contribution is 1.13. The fourth-order valence-corrected chi connectivity index (χ4v) is 3.08. The second-order valence-electron chi connectivity index (χ2n) is 6.30. The van der Waals surface area contributed by atoms with Crippen molar-refractivity contribution in [2.45, 2.75) is 13.8 Å². The quantitative estimate of drug-likeness (QED) is 0.496. The van der Waals surface area contributed by atoms with E-state index in [-0.39, 0.29) is 0 Å². The number of nitrogens with zero attached hydrogens (tertiary/aromatic N) is 3. The van der Waals surface area contributed by atoms with Crippen LogP contribution in [0.5, 0.6) is 0 Å². The average molecular weight is 337 g/mol. The van der Waals surface area contributed by atoms with Gasteiger partial charge in [-0.25, -0.2) is 9.97 Å². The van der Waals surface area contributed by atoms with Gasteiger partial charge < -0.3 is 0 Å². The Bertz CT molecular complexity index is 1060. The molecule has 2 heterocycles. The molecule has 0 bridgehead atoms. The molecular formula is C23H19N3. The van der Waals surface area contributed by atoms with Gasteiger partial charge in [0.15, 0.2) is 5.82 Å². The summed E-state index contributed by atoms with van der Waals surface area (Å²) in [5.41, 5.74) is 7.37. The molecule has 126 valence electrons. The Morgan fingerprint density at radius 2 is 1.42 bits per heavy atom. The lowest BCUT2D eigenvalue weighted by Gasteiger charge is -2.09. The van der Waals surface area contributed by atoms with E-state index >= 15 is 0 Å². The van der Waals surface area contributed by atoms with Gasteiger partial charge in [0.25, 0.3) is 0 Å². The molecule has 0 saturated heterocycles. The molecule has 0 saturated carbocycles. The molecule has 2 aromatic carbocycles. The van der Waals surface area contributed by atoms with Gasteiger partial charge in [0, 0.05) is 34.3 Å². The first kappa shape index (κ1) is 16.2. The first-order valence-corrected chi connectivity index (χ1v) is 8.64. The van der Waals surface area contributed by atoms with Crippen LogP contribution in [-0.2, 0) is 0 Å². The Hall–Kier alpha value is -3.33. The van der Waals surface area contributed by atoms with Crippen LogP contribution in [0, 0.1) is 13.8 Å². The summed E-state index contributed by atoms with van der Waals surface area (Å²) in [4.78, 5) is 13.8. The van der Waals surface area contributed by atoms with E-state index in [0.29, 0.717) is 0 Å². The van der Waals surface area contributed by atoms with Crippen LogP contribution in [0.3, 0.4) is 0 Å². The van der Waals surface area contributed by atoms with Gasteiger partial charge >= 0.3 is 0 Å². The standard InChI is InChI=1S/C23H19N3/c1-16-11-12-21(17(2)25-16)19-9-6-10-20(15-19)22-13-14-24-23(26-22)18-7-4-3-5-8-18/h3-15H,1-2H3. The molecule has 0 fully saturated rings. The van der Waals surface area contributed by atoms with Crippen molar-refractivity contribution in [3.05, 3.63) is 90.4 Å². The topological polar surface area (TPSA) is 38.7 Å². The van der Waals surface area contributed by atoms with Crippen LogP contribution in [0.25, 0.3) is 33.8 Å². The van der Waals surface area contributed by atoms with Crippen molar-refractivity contribution in [3.8, 4) is 33.8 Å². The monoisotopic (exact) mass is 337 g/mol. The number of rotatable bonds is 3. The Morgan fingerprint density at radius 3 is 2.23 bits per heavy atom. The van der Waals surface area contributed by atoms with Crippen LogP contribution < -0.4 is 0 Å². The highest BCUT2D eigenvalue weighted by Gasteiger charge is 2.08. The Labute approximate surface area is 153 Å². The fourth-order valence-electron chi connectivity index (χ4n) is 3.08. The molecular weight excluding hydrogens is 318 g/mol. The molecule has 0 N–H and O–H groups in total. The molecule has 3 heteroatoms. The SMILES string of the molecule is Cc1ccc(-c2cccc(-c3ccnc(-c4ccccc4)n3)c2)c(C)n1. The number of pyridine rings is 1. The van der Waals surface area contributed by atoms with Gasteiger partial charge in [0.05, 0.1) is 5.69 Å². The normalized spacial score (nSPS) is 10.7. The highest BCUT2D eigenvalue weighted by Crippen LogP contribution is 2.28. The molecule has 4 rings (SSSR count). The van der Waals surface area contributed by atoms with Crippen molar-refractivity contribution in [1.29, 1.82) is 0 Å². The minimum Gasteiger partial charge on any atom is -0.258 e. The summed E-state index contributed by atoms with van der Waals surface area (Å²) >= 11 is 0. The van der Waals surface area contributed by atoms with Crippen LogP contribution in [0.2, 0.25) is 0 Å². The van der Waals surface area contributed by atoms with Gasteiger partial charge in [-0.05, 0) is 37.6 Å². The van der Waals surface area contributed by atoms with Gasteiger partial charge in [-0.15, -0.1) is 0 Å². The zero-order chi connectivity index (χ0) is 17.9. The molecule has 0 spiro atoms. The van der Waals surface area contributed by atoms with Gasteiger partial charge in [-0.1, -0.05) is 54.6 Å². The maximum Gasteiger partial charge on any atom is 0.159 e. The summed E-state index contributed by atoms with van der Waals surface area (Å²) in [6.07, 6.45) is 1.82. The number of hydrogen-bond donors (Lipinski definition) is 0. The second-order valence-corrected chi connectivity index (χ2v) is 6.30. The largest absolute Gasteiger partial charge is 0.258 e. The Balaban J connectivity index is 1.75. The van der Waals surface area contributed by atoms with Crippen LogP contribution in [0.15, 0.2) is 79.0 Å². The van der Waals surface area contributed by atoms with E-state index in [1.807, 2.05) is 62.5 Å². The molecule has 26 heavy (non-hydrogen) atoms. The van der Waals surface area contributed by atoms with Crippen LogP contribution in [0.4, 0.5) is 0 Å². The van der Waals surface area contributed by atoms with E-state index in [9.17, 15) is 0 Å². The highest BCUT2D eigenvalue weighted by molar-refractivity contribution is 5.73. The third-order valence-corrected chi connectivity index (χ3v) is 4.38. The zero-order valence-corrected chi connectivity index (χ0v) is 14.8. The minimum atomic E-state index is 0.738. The van der Waals surface area contributed by atoms with Crippen molar-refractivity contribution < 1.29 is 0 Å². The summed E-state index contributed by atoms with van der Waals surface area (Å²) < 4.78 is 0. The van der Waals surface area contributed by atoms with Crippen molar-refractivity contribution in [2.24, 2.45) is 0 Å². The van der Waals surface area contributed by atoms with Crippen molar-refractivity contribution in [2.75, 3.05) is 0 Å². The predicted molar refractivity (Wildman–Crippen MR) is 106 cm³/mol. The first-order valence-electron chi connectivity index (χ1n) is 8.64. The molecule has 0 radical (unpaired) electrons. The molecule has 0 aliphatic carbocycles. The Morgan fingerprint density at radius 1 is 0.654 bits per heavy atom. The van der Waals surface area contributed by atoms with E-state index in [4.69, 9.17) is 4.98 Å². The van der Waals surface area contributed by atoms with Crippen molar-refractivity contribution in [3.63, 3.8) is 0 Å². The lowest BCUT2D eigenvalue weighted by atomic mass is 10.0. The number of aromatic nitrogens is 3. The van der Waals surface area contributed by atoms with Gasteiger partial charge in [0.2, 0.25) is 0 Å². The van der Waals surface area contributed by atoms with Gasteiger partial charge in [0.1, 0.15) is 0 Å². The second kappa shape index (κ2) is 6.89. The summed E-state index contributed by atoms with van der Waals surface area (Å²) in [5, 5.41) is 0. The molecule has 0 aliphatic heterocycles. The minimum absolute atomic E-state index is 0.738. The number of hydrogen-bond acceptors (Lipinski definition) is 3. The average Bonchev–Trinajstić information content (AvgIpc) is 2.69. The fraction of sp³-hybridized carbons (Fsp3) is 0.0870. The zero-order valence-electron chi connectivity index (χ0n) is 14.8. The summed E-state index contributed by atoms with van der Waals surface area (Å²) in [6.45, 7) is 4.06. The van der Waals surface area contributed by atoms with E-state index < -0.39 is 0 Å². The van der Waals surface area contributed by atoms with E-state index in [1.54, 1.807) is 0 Å². The van der Waals surface area contributed by atoms with Gasteiger partial charge in [-0.2, -0.15) is 0 Å². The molecule has 0 unspecified atom stereocenters. The van der Waals surface area contributed by atoms with E-state index in [2.05, 4.69) is 40.3 Å². The predicted octanol–water partition coefficient (Wildman–Crippen LogP) is 5.49. The first-order chi connectivity index (χ1) is 12.7. The van der Waals surface area contributed by atoms with E-state index in [0.717, 1.165) is 45.2 Å². The van der Waals surface area contributed by atoms with Crippen LogP contribution in [0.1, 0.15) is 11.4 Å². The maximum atomic E-state index is 4.76. The molecule has 0 atom stereocenters. The van der Waals surface area contributed by atoms with Crippen molar-refractivity contribution in [1.82, 2.24) is 15.0 Å². The summed E-state index contributed by atoms with van der Waals surface area (Å²) in [5.74, 6) is 0.738. The van der Waals surface area contributed by atoms with Crippen LogP contribution >= 0.6 is 0 Å². The number of aryl methyl sites for hydroxylation is 2. The summed E-state index contributed by atoms with van der Waals surface area (Å²) in [7, 11) is 0. The number of benzene rings is 2. The van der Waals surface area contributed by atoms with Gasteiger partial charge in [-0.3, -0.25) is 4.98 Å². The smallest absolute Gasteiger partial charge is 0.159 e. The van der Waals surface area contributed by atoms with E-state index in [1.165, 1.54) is 0 Å². The third-order valence-electron chi connectivity index (χ3n) is 4.38. The maximum absolute atomic E-state index is 4.76. The lowest BCUT2D eigenvalue weighted by Crippen LogP contribution is -1.93. The molecule has 4 aromatic rings. The van der Waals surface area contributed by atoms with Crippen molar-refractivity contribution >= 4 is 0 Å². The highest BCUT2D eigenvalue weighted by atomic mass is 14.9. The van der Waals surface area contributed by atoms with Crippen LogP contribution in [-0.4, -0.2) is 15.0 Å². The molecule has 2 aromatic heterocycles. The third kappa shape index (κ3) is 3.24. The summed E-state index contributed by atoms with van der Waals surface area (Å²) in [6, 6.07) is 24.6.